The fraction of sp³-hybridized carbons (Fsp3) is 0.462. The van der Waals surface area contributed by atoms with E-state index in [1.165, 1.54) is 6.42 Å². The molecule has 3 nitrogen and oxygen atoms in total. The molecule has 2 rings (SSSR count). The van der Waals surface area contributed by atoms with Crippen molar-refractivity contribution in [2.24, 2.45) is 0 Å². The van der Waals surface area contributed by atoms with E-state index in [2.05, 4.69) is 11.0 Å². The molecule has 0 saturated carbocycles. The van der Waals surface area contributed by atoms with E-state index in [0.29, 0.717) is 0 Å². The first-order chi connectivity index (χ1) is 7.85. The zero-order valence-electron chi connectivity index (χ0n) is 9.52. The van der Waals surface area contributed by atoms with Crippen LogP contribution in [0.4, 0.5) is 5.69 Å². The van der Waals surface area contributed by atoms with Gasteiger partial charge in [-0.2, -0.15) is 5.26 Å². The van der Waals surface area contributed by atoms with Crippen LogP contribution in [0.2, 0.25) is 0 Å². The normalized spacial score (nSPS) is 20.2. The average Bonchev–Trinajstić information content (AvgIpc) is 2.39. The molecule has 1 heterocycles. The summed E-state index contributed by atoms with van der Waals surface area (Å²) in [5.41, 5.74) is 1.12. The molecule has 0 aliphatic carbocycles. The lowest BCUT2D eigenvalue weighted by molar-refractivity contribution is 0.414. The van der Waals surface area contributed by atoms with Crippen LogP contribution in [0.25, 0.3) is 0 Å². The molecule has 0 N–H and O–H groups in total. The van der Waals surface area contributed by atoms with E-state index in [1.54, 1.807) is 7.11 Å². The highest BCUT2D eigenvalue weighted by Crippen LogP contribution is 2.26. The van der Waals surface area contributed by atoms with Gasteiger partial charge in [-0.05, 0) is 43.5 Å². The lowest BCUT2D eigenvalue weighted by atomic mass is 10.0. The van der Waals surface area contributed by atoms with E-state index >= 15 is 0 Å². The van der Waals surface area contributed by atoms with E-state index in [9.17, 15) is 0 Å². The number of nitriles is 1. The zero-order chi connectivity index (χ0) is 11.4. The van der Waals surface area contributed by atoms with E-state index in [1.807, 2.05) is 24.3 Å². The van der Waals surface area contributed by atoms with Crippen molar-refractivity contribution in [3.8, 4) is 11.8 Å². The summed E-state index contributed by atoms with van der Waals surface area (Å²) in [6.45, 7) is 0.977. The highest BCUT2D eigenvalue weighted by molar-refractivity contribution is 5.51. The summed E-state index contributed by atoms with van der Waals surface area (Å²) in [5.74, 6) is 0.856. The minimum atomic E-state index is 0.0298. The Balaban J connectivity index is 2.18. The van der Waals surface area contributed by atoms with Gasteiger partial charge < -0.3 is 9.64 Å². The molecule has 3 heteroatoms. The number of benzene rings is 1. The monoisotopic (exact) mass is 216 g/mol. The van der Waals surface area contributed by atoms with Gasteiger partial charge >= 0.3 is 0 Å². The minimum absolute atomic E-state index is 0.0298. The van der Waals surface area contributed by atoms with Crippen LogP contribution in [0.1, 0.15) is 19.3 Å². The highest BCUT2D eigenvalue weighted by atomic mass is 16.5. The lowest BCUT2D eigenvalue weighted by Crippen LogP contribution is -2.38. The first kappa shape index (κ1) is 10.8. The van der Waals surface area contributed by atoms with Crippen molar-refractivity contribution in [1.82, 2.24) is 0 Å². The molecule has 1 aliphatic rings. The smallest absolute Gasteiger partial charge is 0.119 e. The van der Waals surface area contributed by atoms with Crippen molar-refractivity contribution in [2.75, 3.05) is 18.6 Å². The third kappa shape index (κ3) is 2.11. The van der Waals surface area contributed by atoms with Gasteiger partial charge in [-0.1, -0.05) is 0 Å². The van der Waals surface area contributed by atoms with E-state index in [-0.39, 0.29) is 6.04 Å². The summed E-state index contributed by atoms with van der Waals surface area (Å²) in [6.07, 6.45) is 3.30. The van der Waals surface area contributed by atoms with Gasteiger partial charge in [0.05, 0.1) is 13.2 Å². The Morgan fingerprint density at radius 1 is 1.31 bits per heavy atom. The number of methoxy groups -OCH3 is 1. The molecule has 1 aliphatic heterocycles. The first-order valence-electron chi connectivity index (χ1n) is 5.65. The molecule has 0 bridgehead atoms. The summed E-state index contributed by atoms with van der Waals surface area (Å²) >= 11 is 0. The van der Waals surface area contributed by atoms with E-state index in [0.717, 1.165) is 30.8 Å². The van der Waals surface area contributed by atoms with Gasteiger partial charge in [0, 0.05) is 12.2 Å². The molecular weight excluding hydrogens is 200 g/mol. The number of anilines is 1. The summed E-state index contributed by atoms with van der Waals surface area (Å²) in [7, 11) is 1.66. The average molecular weight is 216 g/mol. The molecule has 0 aromatic heterocycles. The molecule has 84 valence electrons. The highest BCUT2D eigenvalue weighted by Gasteiger charge is 2.21. The van der Waals surface area contributed by atoms with Crippen molar-refractivity contribution in [3.63, 3.8) is 0 Å². The molecule has 1 aromatic carbocycles. The topological polar surface area (TPSA) is 36.3 Å². The number of hydrogen-bond acceptors (Lipinski definition) is 3. The van der Waals surface area contributed by atoms with Crippen LogP contribution in [-0.2, 0) is 0 Å². The molecular formula is C13H16N2O. The predicted octanol–water partition coefficient (Wildman–Crippen LogP) is 2.58. The maximum absolute atomic E-state index is 9.11. The first-order valence-corrected chi connectivity index (χ1v) is 5.65. The van der Waals surface area contributed by atoms with Gasteiger partial charge in [-0.25, -0.2) is 0 Å². The number of rotatable bonds is 2. The summed E-state index contributed by atoms with van der Waals surface area (Å²) in [4.78, 5) is 2.18. The van der Waals surface area contributed by atoms with Gasteiger partial charge in [-0.15, -0.1) is 0 Å². The van der Waals surface area contributed by atoms with Gasteiger partial charge in [0.25, 0.3) is 0 Å². The Morgan fingerprint density at radius 3 is 2.69 bits per heavy atom. The Bertz CT molecular complexity index is 380. The minimum Gasteiger partial charge on any atom is -0.497 e. The van der Waals surface area contributed by atoms with Crippen LogP contribution in [0, 0.1) is 11.3 Å². The van der Waals surface area contributed by atoms with Crippen molar-refractivity contribution >= 4 is 5.69 Å². The van der Waals surface area contributed by atoms with Crippen molar-refractivity contribution in [3.05, 3.63) is 24.3 Å². The van der Waals surface area contributed by atoms with E-state index in [4.69, 9.17) is 10.00 Å². The van der Waals surface area contributed by atoms with Crippen molar-refractivity contribution in [1.29, 1.82) is 5.26 Å². The summed E-state index contributed by atoms with van der Waals surface area (Å²) in [5, 5.41) is 9.11. The Hall–Kier alpha value is -1.69. The third-order valence-electron chi connectivity index (χ3n) is 3.06. The quantitative estimate of drug-likeness (QED) is 0.762. The number of nitrogens with zero attached hydrogens (tertiary/aromatic N) is 2. The standard InChI is InChI=1S/C13H16N2O/c1-16-13-7-5-11(6-8-13)15-9-3-2-4-12(15)10-14/h5-8,12H,2-4,9H2,1H3. The second-order valence-electron chi connectivity index (χ2n) is 4.03. The molecule has 0 amide bonds. The third-order valence-corrected chi connectivity index (χ3v) is 3.06. The molecule has 1 atom stereocenters. The van der Waals surface area contributed by atoms with Gasteiger partial charge in [-0.3, -0.25) is 0 Å². The molecule has 1 fully saturated rings. The van der Waals surface area contributed by atoms with Gasteiger partial charge in [0.1, 0.15) is 11.8 Å². The van der Waals surface area contributed by atoms with Crippen molar-refractivity contribution < 1.29 is 4.74 Å². The van der Waals surface area contributed by atoms with Gasteiger partial charge in [0.2, 0.25) is 0 Å². The van der Waals surface area contributed by atoms with Crippen LogP contribution in [-0.4, -0.2) is 19.7 Å². The molecule has 1 aromatic rings. The summed E-state index contributed by atoms with van der Waals surface area (Å²) < 4.78 is 5.13. The van der Waals surface area contributed by atoms with Crippen molar-refractivity contribution in [2.45, 2.75) is 25.3 Å². The Labute approximate surface area is 96.2 Å². The van der Waals surface area contributed by atoms with Crippen LogP contribution < -0.4 is 9.64 Å². The predicted molar refractivity (Wildman–Crippen MR) is 63.6 cm³/mol. The second-order valence-corrected chi connectivity index (χ2v) is 4.03. The SMILES string of the molecule is COc1ccc(N2CCCCC2C#N)cc1. The number of hydrogen-bond donors (Lipinski definition) is 0. The maximum Gasteiger partial charge on any atom is 0.119 e. The summed E-state index contributed by atoms with van der Waals surface area (Å²) in [6, 6.07) is 10.3. The van der Waals surface area contributed by atoms with Crippen LogP contribution in [0.5, 0.6) is 5.75 Å². The molecule has 16 heavy (non-hydrogen) atoms. The largest absolute Gasteiger partial charge is 0.497 e. The number of ether oxygens (including phenoxy) is 1. The molecule has 0 radical (unpaired) electrons. The number of piperidine rings is 1. The van der Waals surface area contributed by atoms with Gasteiger partial charge in [0.15, 0.2) is 0 Å². The Morgan fingerprint density at radius 2 is 2.06 bits per heavy atom. The second kappa shape index (κ2) is 4.89. The maximum atomic E-state index is 9.11. The van der Waals surface area contributed by atoms with E-state index < -0.39 is 0 Å². The Kier molecular flexibility index (Phi) is 3.31. The molecule has 1 unspecified atom stereocenters. The zero-order valence-corrected chi connectivity index (χ0v) is 9.52. The molecule has 0 spiro atoms. The fourth-order valence-corrected chi connectivity index (χ4v) is 2.15. The molecule has 1 saturated heterocycles. The lowest BCUT2D eigenvalue weighted by Gasteiger charge is -2.33. The fourth-order valence-electron chi connectivity index (χ4n) is 2.15. The van der Waals surface area contributed by atoms with Crippen LogP contribution in [0.15, 0.2) is 24.3 Å². The van der Waals surface area contributed by atoms with Crippen LogP contribution >= 0.6 is 0 Å². The van der Waals surface area contributed by atoms with Crippen LogP contribution in [0.3, 0.4) is 0 Å².